The largest absolute Gasteiger partial charge is 0.497 e. The highest BCUT2D eigenvalue weighted by atomic mass is 32.2. The standard InChI is InChI=1S/C22H21N3O4S/c1-12-19(15-7-5-6-8-17(15)23-12)20(26)13(2)30-22-25-24-21(29-22)16-10-9-14(27-3)11-18(16)28-4/h5-11,13,23H,1-4H3/t13-/m1/s1. The lowest BCUT2D eigenvalue weighted by molar-refractivity contribution is 0.0994. The third kappa shape index (κ3) is 3.66. The lowest BCUT2D eigenvalue weighted by atomic mass is 10.1. The number of carbonyl (C=O) groups excluding carboxylic acids is 1. The third-order valence-electron chi connectivity index (χ3n) is 4.83. The molecule has 0 radical (unpaired) electrons. The second kappa shape index (κ2) is 8.23. The molecule has 0 saturated heterocycles. The van der Waals surface area contributed by atoms with Crippen molar-refractivity contribution in [3.63, 3.8) is 0 Å². The molecule has 4 rings (SSSR count). The zero-order chi connectivity index (χ0) is 21.3. The monoisotopic (exact) mass is 423 g/mol. The van der Waals surface area contributed by atoms with Crippen molar-refractivity contribution in [3.05, 3.63) is 53.7 Å². The number of aromatic amines is 1. The van der Waals surface area contributed by atoms with Crippen molar-refractivity contribution in [3.8, 4) is 23.0 Å². The number of ketones is 1. The summed E-state index contributed by atoms with van der Waals surface area (Å²) in [6, 6.07) is 13.1. The number of hydrogen-bond donors (Lipinski definition) is 1. The minimum atomic E-state index is -0.394. The van der Waals surface area contributed by atoms with Gasteiger partial charge in [0, 0.05) is 28.2 Å². The topological polar surface area (TPSA) is 90.2 Å². The number of benzene rings is 2. The van der Waals surface area contributed by atoms with E-state index in [0.29, 0.717) is 33.7 Å². The second-order valence-electron chi connectivity index (χ2n) is 6.73. The maximum atomic E-state index is 13.1. The van der Waals surface area contributed by atoms with Crippen molar-refractivity contribution in [1.29, 1.82) is 0 Å². The van der Waals surface area contributed by atoms with Gasteiger partial charge in [-0.1, -0.05) is 30.0 Å². The molecule has 0 spiro atoms. The molecule has 2 heterocycles. The summed E-state index contributed by atoms with van der Waals surface area (Å²) in [5, 5.41) is 9.06. The minimum Gasteiger partial charge on any atom is -0.497 e. The van der Waals surface area contributed by atoms with Gasteiger partial charge in [-0.15, -0.1) is 10.2 Å². The number of nitrogens with one attached hydrogen (secondary N) is 1. The van der Waals surface area contributed by atoms with Crippen molar-refractivity contribution in [2.75, 3.05) is 14.2 Å². The van der Waals surface area contributed by atoms with Gasteiger partial charge in [0.05, 0.1) is 25.0 Å². The molecule has 0 saturated carbocycles. The molecule has 0 unspecified atom stereocenters. The molecule has 1 N–H and O–H groups in total. The summed E-state index contributed by atoms with van der Waals surface area (Å²) in [4.78, 5) is 16.4. The Morgan fingerprint density at radius 1 is 1.13 bits per heavy atom. The first-order valence-corrected chi connectivity index (χ1v) is 10.2. The van der Waals surface area contributed by atoms with E-state index in [1.807, 2.05) is 38.1 Å². The molecule has 30 heavy (non-hydrogen) atoms. The van der Waals surface area contributed by atoms with Crippen LogP contribution < -0.4 is 9.47 Å². The maximum Gasteiger partial charge on any atom is 0.277 e. The van der Waals surface area contributed by atoms with E-state index in [1.165, 1.54) is 11.8 Å². The van der Waals surface area contributed by atoms with Crippen LogP contribution in [0.25, 0.3) is 22.4 Å². The van der Waals surface area contributed by atoms with Crippen LogP contribution in [0.1, 0.15) is 23.0 Å². The Morgan fingerprint density at radius 3 is 2.70 bits per heavy atom. The summed E-state index contributed by atoms with van der Waals surface area (Å²) < 4.78 is 16.4. The van der Waals surface area contributed by atoms with Gasteiger partial charge in [-0.2, -0.15) is 0 Å². The molecular formula is C22H21N3O4S. The van der Waals surface area contributed by atoms with Crippen molar-refractivity contribution >= 4 is 28.4 Å². The number of hydrogen-bond acceptors (Lipinski definition) is 7. The highest BCUT2D eigenvalue weighted by molar-refractivity contribution is 8.00. The lowest BCUT2D eigenvalue weighted by Gasteiger charge is -2.08. The molecule has 0 amide bonds. The summed E-state index contributed by atoms with van der Waals surface area (Å²) in [7, 11) is 3.15. The zero-order valence-corrected chi connectivity index (χ0v) is 17.9. The quantitative estimate of drug-likeness (QED) is 0.334. The smallest absolute Gasteiger partial charge is 0.277 e. The van der Waals surface area contributed by atoms with Gasteiger partial charge in [0.1, 0.15) is 11.5 Å². The fraction of sp³-hybridized carbons (Fsp3) is 0.227. The number of aromatic nitrogens is 3. The molecule has 0 aliphatic rings. The molecule has 154 valence electrons. The zero-order valence-electron chi connectivity index (χ0n) is 17.1. The molecule has 0 aliphatic heterocycles. The van der Waals surface area contributed by atoms with E-state index in [0.717, 1.165) is 16.6 Å². The summed E-state index contributed by atoms with van der Waals surface area (Å²) >= 11 is 1.23. The van der Waals surface area contributed by atoms with E-state index >= 15 is 0 Å². The van der Waals surface area contributed by atoms with Crippen LogP contribution in [0.5, 0.6) is 11.5 Å². The van der Waals surface area contributed by atoms with Crippen LogP contribution in [0.15, 0.2) is 52.1 Å². The fourth-order valence-corrected chi connectivity index (χ4v) is 4.09. The average molecular weight is 423 g/mol. The number of rotatable bonds is 7. The van der Waals surface area contributed by atoms with Gasteiger partial charge in [-0.3, -0.25) is 4.79 Å². The minimum absolute atomic E-state index is 0.0109. The van der Waals surface area contributed by atoms with Gasteiger partial charge in [-0.25, -0.2) is 0 Å². The SMILES string of the molecule is COc1ccc(-c2nnc(S[C@H](C)C(=O)c3c(C)[nH]c4ccccc34)o2)c(OC)c1. The van der Waals surface area contributed by atoms with Crippen molar-refractivity contribution in [1.82, 2.24) is 15.2 Å². The number of methoxy groups -OCH3 is 2. The Bertz CT molecular complexity index is 1210. The third-order valence-corrected chi connectivity index (χ3v) is 5.77. The van der Waals surface area contributed by atoms with Crippen LogP contribution in [-0.4, -0.2) is 40.4 Å². The number of H-pyrrole nitrogens is 1. The predicted molar refractivity (Wildman–Crippen MR) is 116 cm³/mol. The number of para-hydroxylation sites is 1. The average Bonchev–Trinajstić information content (AvgIpc) is 3.35. The number of fused-ring (bicyclic) bond motifs is 1. The highest BCUT2D eigenvalue weighted by Crippen LogP contribution is 2.35. The van der Waals surface area contributed by atoms with Crippen LogP contribution in [0.3, 0.4) is 0 Å². The van der Waals surface area contributed by atoms with Gasteiger partial charge in [0.2, 0.25) is 0 Å². The Hall–Kier alpha value is -3.26. The number of ether oxygens (including phenoxy) is 2. The van der Waals surface area contributed by atoms with E-state index in [9.17, 15) is 4.79 Å². The molecule has 2 aromatic carbocycles. The van der Waals surface area contributed by atoms with E-state index in [1.54, 1.807) is 32.4 Å². The van der Waals surface area contributed by atoms with Gasteiger partial charge >= 0.3 is 0 Å². The summed E-state index contributed by atoms with van der Waals surface area (Å²) in [5.41, 5.74) is 3.15. The van der Waals surface area contributed by atoms with E-state index in [4.69, 9.17) is 13.9 Å². The first kappa shape index (κ1) is 20.0. The Morgan fingerprint density at radius 2 is 1.93 bits per heavy atom. The van der Waals surface area contributed by atoms with Crippen LogP contribution in [0, 0.1) is 6.92 Å². The van der Waals surface area contributed by atoms with Gasteiger partial charge in [-0.05, 0) is 32.0 Å². The number of thioether (sulfide) groups is 1. The van der Waals surface area contributed by atoms with E-state index in [2.05, 4.69) is 15.2 Å². The first-order valence-electron chi connectivity index (χ1n) is 9.36. The van der Waals surface area contributed by atoms with Crippen LogP contribution in [0.4, 0.5) is 0 Å². The van der Waals surface area contributed by atoms with Crippen molar-refractivity contribution < 1.29 is 18.7 Å². The molecule has 0 aliphatic carbocycles. The summed E-state index contributed by atoms with van der Waals surface area (Å²) in [6.07, 6.45) is 0. The molecule has 4 aromatic rings. The van der Waals surface area contributed by atoms with E-state index in [-0.39, 0.29) is 5.78 Å². The van der Waals surface area contributed by atoms with Crippen LogP contribution in [0.2, 0.25) is 0 Å². The first-order chi connectivity index (χ1) is 14.5. The predicted octanol–water partition coefficient (Wildman–Crippen LogP) is 4.91. The molecule has 0 fully saturated rings. The number of Topliss-reactive ketones (excluding diaryl/α,β-unsaturated/α-hetero) is 1. The number of nitrogens with zero attached hydrogens (tertiary/aromatic N) is 2. The Balaban J connectivity index is 1.56. The normalized spacial score (nSPS) is 12.1. The molecule has 0 bridgehead atoms. The molecule has 7 nitrogen and oxygen atoms in total. The van der Waals surface area contributed by atoms with E-state index < -0.39 is 5.25 Å². The molecule has 2 aromatic heterocycles. The Kier molecular flexibility index (Phi) is 5.50. The summed E-state index contributed by atoms with van der Waals surface area (Å²) in [6.45, 7) is 3.75. The second-order valence-corrected chi connectivity index (χ2v) is 8.03. The van der Waals surface area contributed by atoms with Crippen LogP contribution in [-0.2, 0) is 0 Å². The Labute approximate surface area is 177 Å². The lowest BCUT2D eigenvalue weighted by Crippen LogP contribution is -2.14. The van der Waals surface area contributed by atoms with Crippen molar-refractivity contribution in [2.24, 2.45) is 0 Å². The number of carbonyl (C=O) groups is 1. The van der Waals surface area contributed by atoms with Crippen molar-refractivity contribution in [2.45, 2.75) is 24.3 Å². The summed E-state index contributed by atoms with van der Waals surface area (Å²) in [5.74, 6) is 1.56. The van der Waals surface area contributed by atoms with Crippen LogP contribution >= 0.6 is 11.8 Å². The number of aryl methyl sites for hydroxylation is 1. The molecular weight excluding hydrogens is 402 g/mol. The maximum absolute atomic E-state index is 13.1. The van der Waals surface area contributed by atoms with Gasteiger partial charge in [0.25, 0.3) is 11.1 Å². The highest BCUT2D eigenvalue weighted by Gasteiger charge is 2.24. The molecule has 8 heteroatoms. The fourth-order valence-electron chi connectivity index (χ4n) is 3.34. The van der Waals surface area contributed by atoms with Gasteiger partial charge in [0.15, 0.2) is 5.78 Å². The molecule has 1 atom stereocenters. The van der Waals surface area contributed by atoms with Gasteiger partial charge < -0.3 is 18.9 Å².